The molecule has 2 aromatic rings. The summed E-state index contributed by atoms with van der Waals surface area (Å²) in [7, 11) is 0. The van der Waals surface area contributed by atoms with Gasteiger partial charge in [-0.25, -0.2) is 4.39 Å². The molecule has 1 aromatic carbocycles. The number of halogens is 2. The minimum Gasteiger partial charge on any atom is -0.443 e. The van der Waals surface area contributed by atoms with Crippen molar-refractivity contribution in [2.24, 2.45) is 11.8 Å². The van der Waals surface area contributed by atoms with Crippen molar-refractivity contribution in [3.05, 3.63) is 52.6 Å². The molecule has 1 saturated carbocycles. The lowest BCUT2D eigenvalue weighted by molar-refractivity contribution is -0.0721. The van der Waals surface area contributed by atoms with Gasteiger partial charge in [0.25, 0.3) is 5.79 Å². The number of hydrogen-bond acceptors (Lipinski definition) is 4. The first kappa shape index (κ1) is 14.5. The van der Waals surface area contributed by atoms with Crippen molar-refractivity contribution in [3.8, 4) is 11.5 Å². The van der Waals surface area contributed by atoms with Gasteiger partial charge in [0.1, 0.15) is 11.5 Å². The highest BCUT2D eigenvalue weighted by atomic mass is 35.5. The summed E-state index contributed by atoms with van der Waals surface area (Å²) in [5.74, 6) is 1.01. The highest BCUT2D eigenvalue weighted by molar-refractivity contribution is 6.30. The molecule has 2 fully saturated rings. The quantitative estimate of drug-likeness (QED) is 0.904. The van der Waals surface area contributed by atoms with Gasteiger partial charge < -0.3 is 14.8 Å². The maximum atomic E-state index is 14.6. The molecule has 3 aliphatic rings. The number of fused-ring (bicyclic) bond motifs is 2. The predicted octanol–water partition coefficient (Wildman–Crippen LogP) is 3.45. The zero-order valence-electron chi connectivity index (χ0n) is 13.1. The van der Waals surface area contributed by atoms with E-state index < -0.39 is 5.79 Å². The van der Waals surface area contributed by atoms with E-state index >= 15 is 0 Å². The zero-order chi connectivity index (χ0) is 16.5. The fraction of sp³-hybridized carbons (Fsp3) is 0.389. The van der Waals surface area contributed by atoms with E-state index in [-0.39, 0.29) is 11.7 Å². The van der Waals surface area contributed by atoms with Crippen LogP contribution in [0.25, 0.3) is 0 Å². The number of ether oxygens (including phenoxy) is 2. The van der Waals surface area contributed by atoms with Gasteiger partial charge >= 0.3 is 0 Å². The van der Waals surface area contributed by atoms with Crippen molar-refractivity contribution >= 4 is 11.6 Å². The standard InChI is InChI=1S/C18H16ClFN2O2/c1-18(14-5-2-9(19)6-22-14)23-13-4-3-12(20)16(17(13)24-18)15-10-7-21-8-11(10)15/h2-6,10-11,15,21H,7-8H2,1H3. The predicted molar refractivity (Wildman–Crippen MR) is 86.8 cm³/mol. The van der Waals surface area contributed by atoms with Gasteiger partial charge in [-0.2, -0.15) is 0 Å². The summed E-state index contributed by atoms with van der Waals surface area (Å²) in [6.07, 6.45) is 1.55. The first-order chi connectivity index (χ1) is 11.6. The normalized spacial score (nSPS) is 32.7. The van der Waals surface area contributed by atoms with Crippen LogP contribution < -0.4 is 14.8 Å². The average molecular weight is 347 g/mol. The number of nitrogens with one attached hydrogen (secondary N) is 1. The molecule has 2 aliphatic heterocycles. The molecule has 1 saturated heterocycles. The summed E-state index contributed by atoms with van der Waals surface area (Å²) in [5.41, 5.74) is 1.26. The van der Waals surface area contributed by atoms with Gasteiger partial charge in [-0.15, -0.1) is 0 Å². The largest absolute Gasteiger partial charge is 0.443 e. The van der Waals surface area contributed by atoms with E-state index in [4.69, 9.17) is 21.1 Å². The van der Waals surface area contributed by atoms with Crippen LogP contribution in [0.2, 0.25) is 5.02 Å². The number of aromatic nitrogens is 1. The highest BCUT2D eigenvalue weighted by Crippen LogP contribution is 2.61. The fourth-order valence-corrected chi connectivity index (χ4v) is 4.18. The van der Waals surface area contributed by atoms with Crippen LogP contribution in [0, 0.1) is 17.7 Å². The number of hydrogen-bond donors (Lipinski definition) is 1. The third-order valence-electron chi connectivity index (χ3n) is 5.33. The van der Waals surface area contributed by atoms with Crippen molar-refractivity contribution in [2.75, 3.05) is 13.1 Å². The molecule has 24 heavy (non-hydrogen) atoms. The first-order valence-corrected chi connectivity index (χ1v) is 8.48. The Morgan fingerprint density at radius 1 is 1.21 bits per heavy atom. The van der Waals surface area contributed by atoms with E-state index in [9.17, 15) is 4.39 Å². The van der Waals surface area contributed by atoms with Crippen LogP contribution in [-0.2, 0) is 5.79 Å². The van der Waals surface area contributed by atoms with E-state index in [2.05, 4.69) is 10.3 Å². The lowest BCUT2D eigenvalue weighted by Crippen LogP contribution is -2.32. The second-order valence-corrected chi connectivity index (χ2v) is 7.25. The second kappa shape index (κ2) is 4.83. The maximum Gasteiger partial charge on any atom is 0.292 e. The molecule has 0 bridgehead atoms. The van der Waals surface area contributed by atoms with Gasteiger partial charge in [0.2, 0.25) is 0 Å². The first-order valence-electron chi connectivity index (χ1n) is 8.10. The molecule has 3 atom stereocenters. The summed E-state index contributed by atoms with van der Waals surface area (Å²) in [5, 5.41) is 3.88. The van der Waals surface area contributed by atoms with Crippen LogP contribution in [0.15, 0.2) is 30.5 Å². The van der Waals surface area contributed by atoms with Crippen molar-refractivity contribution in [1.29, 1.82) is 0 Å². The fourth-order valence-electron chi connectivity index (χ4n) is 4.07. The minimum absolute atomic E-state index is 0.213. The van der Waals surface area contributed by atoms with Crippen molar-refractivity contribution in [2.45, 2.75) is 18.6 Å². The molecule has 1 aliphatic carbocycles. The van der Waals surface area contributed by atoms with Crippen LogP contribution in [0.5, 0.6) is 11.5 Å². The summed E-state index contributed by atoms with van der Waals surface area (Å²) in [4.78, 5) is 4.30. The van der Waals surface area contributed by atoms with Crippen molar-refractivity contribution in [1.82, 2.24) is 10.3 Å². The Kier molecular flexibility index (Phi) is 2.92. The Balaban J connectivity index is 1.54. The molecule has 3 unspecified atom stereocenters. The molecular weight excluding hydrogens is 331 g/mol. The average Bonchev–Trinajstić information content (AvgIpc) is 2.92. The van der Waals surface area contributed by atoms with Crippen LogP contribution >= 0.6 is 11.6 Å². The number of pyridine rings is 1. The van der Waals surface area contributed by atoms with Crippen LogP contribution in [0.4, 0.5) is 4.39 Å². The molecule has 4 nitrogen and oxygen atoms in total. The van der Waals surface area contributed by atoms with Gasteiger partial charge in [-0.05, 0) is 55.1 Å². The topological polar surface area (TPSA) is 43.4 Å². The van der Waals surface area contributed by atoms with Crippen molar-refractivity contribution in [3.63, 3.8) is 0 Å². The molecule has 3 heterocycles. The van der Waals surface area contributed by atoms with Gasteiger partial charge in [-0.3, -0.25) is 4.98 Å². The SMILES string of the molecule is CC1(c2ccc(Cl)cn2)Oc2ccc(F)c(C3C4CNCC43)c2O1. The van der Waals surface area contributed by atoms with Gasteiger partial charge in [0, 0.05) is 18.7 Å². The summed E-state index contributed by atoms with van der Waals surface area (Å²) >= 11 is 5.90. The smallest absolute Gasteiger partial charge is 0.292 e. The lowest BCUT2D eigenvalue weighted by atomic mass is 10.0. The number of benzene rings is 1. The third kappa shape index (κ3) is 1.98. The van der Waals surface area contributed by atoms with Crippen LogP contribution in [0.1, 0.15) is 24.1 Å². The Labute approximate surface area is 143 Å². The van der Waals surface area contributed by atoms with E-state index in [1.54, 1.807) is 31.3 Å². The number of rotatable bonds is 2. The highest BCUT2D eigenvalue weighted by Gasteiger charge is 2.57. The number of nitrogens with zero attached hydrogens (tertiary/aromatic N) is 1. The van der Waals surface area contributed by atoms with E-state index in [1.165, 1.54) is 6.07 Å². The second-order valence-electron chi connectivity index (χ2n) is 6.81. The van der Waals surface area contributed by atoms with Crippen LogP contribution in [0.3, 0.4) is 0 Å². The zero-order valence-corrected chi connectivity index (χ0v) is 13.8. The van der Waals surface area contributed by atoms with Gasteiger partial charge in [0.15, 0.2) is 11.5 Å². The lowest BCUT2D eigenvalue weighted by Gasteiger charge is -2.22. The van der Waals surface area contributed by atoms with Gasteiger partial charge in [-0.1, -0.05) is 11.6 Å². The Morgan fingerprint density at radius 3 is 2.71 bits per heavy atom. The maximum absolute atomic E-state index is 14.6. The molecule has 1 aromatic heterocycles. The molecule has 5 rings (SSSR count). The molecule has 0 radical (unpaired) electrons. The van der Waals surface area contributed by atoms with Crippen molar-refractivity contribution < 1.29 is 13.9 Å². The Hall–Kier alpha value is -1.85. The van der Waals surface area contributed by atoms with E-state index in [0.717, 1.165) is 13.1 Å². The molecule has 0 amide bonds. The van der Waals surface area contributed by atoms with E-state index in [1.807, 2.05) is 0 Å². The molecule has 0 spiro atoms. The Bertz CT molecular complexity index is 819. The third-order valence-corrected chi connectivity index (χ3v) is 5.55. The molecule has 124 valence electrons. The number of piperidine rings is 1. The summed E-state index contributed by atoms with van der Waals surface area (Å²) in [6, 6.07) is 6.61. The monoisotopic (exact) mass is 346 g/mol. The molecular formula is C18H16ClFN2O2. The van der Waals surface area contributed by atoms with Gasteiger partial charge in [0.05, 0.1) is 5.02 Å². The molecule has 1 N–H and O–H groups in total. The summed E-state index contributed by atoms with van der Waals surface area (Å²) < 4.78 is 26.7. The van der Waals surface area contributed by atoms with E-state index in [0.29, 0.717) is 39.6 Å². The molecule has 6 heteroatoms. The minimum atomic E-state index is -1.07. The van der Waals surface area contributed by atoms with Crippen LogP contribution in [-0.4, -0.2) is 18.1 Å². The Morgan fingerprint density at radius 2 is 2.00 bits per heavy atom. The summed E-state index contributed by atoms with van der Waals surface area (Å²) in [6.45, 7) is 3.67.